The molecular formula is C22H18O5. The summed E-state index contributed by atoms with van der Waals surface area (Å²) in [5.41, 5.74) is 1.65. The van der Waals surface area contributed by atoms with Crippen molar-refractivity contribution in [3.63, 3.8) is 0 Å². The first-order valence-corrected chi connectivity index (χ1v) is 8.33. The summed E-state index contributed by atoms with van der Waals surface area (Å²) in [5, 5.41) is 0. The smallest absolute Gasteiger partial charge is 0.343 e. The average molecular weight is 362 g/mol. The number of rotatable bonds is 6. The predicted octanol–water partition coefficient (Wildman–Crippen LogP) is 4.27. The van der Waals surface area contributed by atoms with Gasteiger partial charge in [0.25, 0.3) is 0 Å². The molecule has 0 heterocycles. The van der Waals surface area contributed by atoms with E-state index in [1.54, 1.807) is 66.7 Å². The van der Waals surface area contributed by atoms with Gasteiger partial charge in [0.1, 0.15) is 6.61 Å². The molecule has 0 saturated heterocycles. The Morgan fingerprint density at radius 2 is 1.33 bits per heavy atom. The van der Waals surface area contributed by atoms with Gasteiger partial charge in [-0.2, -0.15) is 0 Å². The van der Waals surface area contributed by atoms with Gasteiger partial charge in [-0.25, -0.2) is 9.59 Å². The fraction of sp³-hybridized carbons (Fsp3) is 0.0909. The van der Waals surface area contributed by atoms with Crippen molar-refractivity contribution in [1.82, 2.24) is 0 Å². The van der Waals surface area contributed by atoms with Crippen LogP contribution in [-0.2, 0) is 11.3 Å². The van der Waals surface area contributed by atoms with E-state index in [0.29, 0.717) is 22.6 Å². The lowest BCUT2D eigenvalue weighted by Gasteiger charge is -2.11. The molecule has 3 rings (SSSR count). The maximum atomic E-state index is 12.2. The molecule has 27 heavy (non-hydrogen) atoms. The van der Waals surface area contributed by atoms with Gasteiger partial charge in [0, 0.05) is 0 Å². The highest BCUT2D eigenvalue weighted by Gasteiger charge is 2.13. The van der Waals surface area contributed by atoms with Crippen LogP contribution in [0.2, 0.25) is 0 Å². The van der Waals surface area contributed by atoms with Gasteiger partial charge in [-0.05, 0) is 42.0 Å². The Morgan fingerprint density at radius 3 is 1.93 bits per heavy atom. The van der Waals surface area contributed by atoms with E-state index in [0.717, 1.165) is 5.56 Å². The van der Waals surface area contributed by atoms with Crippen LogP contribution in [0.15, 0.2) is 78.9 Å². The molecule has 0 saturated carbocycles. The summed E-state index contributed by atoms with van der Waals surface area (Å²) in [4.78, 5) is 24.2. The molecule has 0 aliphatic rings. The summed E-state index contributed by atoms with van der Waals surface area (Å²) < 4.78 is 16.0. The summed E-state index contributed by atoms with van der Waals surface area (Å²) >= 11 is 0. The van der Waals surface area contributed by atoms with Crippen LogP contribution < -0.4 is 9.47 Å². The summed E-state index contributed by atoms with van der Waals surface area (Å²) in [6.45, 7) is 0.0804. The zero-order chi connectivity index (χ0) is 19.1. The Morgan fingerprint density at radius 1 is 0.741 bits per heavy atom. The van der Waals surface area contributed by atoms with E-state index < -0.39 is 11.9 Å². The van der Waals surface area contributed by atoms with Crippen LogP contribution in [-0.4, -0.2) is 19.0 Å². The third-order valence-corrected chi connectivity index (χ3v) is 3.82. The summed E-state index contributed by atoms with van der Waals surface area (Å²) in [6.07, 6.45) is 0. The molecule has 0 bridgehead atoms. The third-order valence-electron chi connectivity index (χ3n) is 3.82. The number of esters is 2. The molecule has 0 spiro atoms. The average Bonchev–Trinajstić information content (AvgIpc) is 2.74. The Hall–Kier alpha value is -3.60. The minimum Gasteiger partial charge on any atom is -0.493 e. The van der Waals surface area contributed by atoms with Gasteiger partial charge in [0.05, 0.1) is 18.2 Å². The molecule has 5 heteroatoms. The lowest BCUT2D eigenvalue weighted by atomic mass is 10.2. The molecule has 0 atom stereocenters. The molecule has 0 N–H and O–H groups in total. The SMILES string of the molecule is COc1cc(COC(=O)c2ccccc2)ccc1OC(=O)c1ccccc1. The number of benzene rings is 3. The van der Waals surface area contributed by atoms with Crippen LogP contribution >= 0.6 is 0 Å². The predicted molar refractivity (Wildman–Crippen MR) is 100.0 cm³/mol. The highest BCUT2D eigenvalue weighted by Crippen LogP contribution is 2.29. The summed E-state index contributed by atoms with van der Waals surface area (Å²) in [6, 6.07) is 22.5. The molecule has 136 valence electrons. The number of carbonyl (C=O) groups is 2. The van der Waals surface area contributed by atoms with Gasteiger partial charge in [-0.15, -0.1) is 0 Å². The monoisotopic (exact) mass is 362 g/mol. The molecule has 0 aromatic heterocycles. The Labute approximate surface area is 157 Å². The highest BCUT2D eigenvalue weighted by molar-refractivity contribution is 5.91. The van der Waals surface area contributed by atoms with Crippen molar-refractivity contribution in [2.75, 3.05) is 7.11 Å². The molecule has 3 aromatic carbocycles. The summed E-state index contributed by atoms with van der Waals surface area (Å²) in [5.74, 6) is -0.205. The van der Waals surface area contributed by atoms with Crippen molar-refractivity contribution in [3.8, 4) is 11.5 Å². The number of hydrogen-bond donors (Lipinski definition) is 0. The minimum absolute atomic E-state index is 0.0804. The maximum absolute atomic E-state index is 12.2. The van der Waals surface area contributed by atoms with Gasteiger partial charge >= 0.3 is 11.9 Å². The topological polar surface area (TPSA) is 61.8 Å². The molecule has 0 unspecified atom stereocenters. The van der Waals surface area contributed by atoms with Crippen LogP contribution in [0.25, 0.3) is 0 Å². The van der Waals surface area contributed by atoms with Crippen molar-refractivity contribution in [2.24, 2.45) is 0 Å². The van der Waals surface area contributed by atoms with Gasteiger partial charge in [0.2, 0.25) is 0 Å². The highest BCUT2D eigenvalue weighted by atomic mass is 16.6. The van der Waals surface area contributed by atoms with Gasteiger partial charge in [-0.3, -0.25) is 0 Å². The van der Waals surface area contributed by atoms with E-state index in [1.807, 2.05) is 12.1 Å². The standard InChI is InChI=1S/C22H18O5/c1-25-20-14-16(15-26-21(23)17-8-4-2-5-9-17)12-13-19(20)27-22(24)18-10-6-3-7-11-18/h2-14H,15H2,1H3. The van der Waals surface area contributed by atoms with Crippen LogP contribution in [0, 0.1) is 0 Å². The first-order chi connectivity index (χ1) is 13.2. The van der Waals surface area contributed by atoms with E-state index in [4.69, 9.17) is 14.2 Å². The number of methoxy groups -OCH3 is 1. The van der Waals surface area contributed by atoms with Gasteiger partial charge in [0.15, 0.2) is 11.5 Å². The van der Waals surface area contributed by atoms with E-state index >= 15 is 0 Å². The van der Waals surface area contributed by atoms with Gasteiger partial charge in [-0.1, -0.05) is 42.5 Å². The first-order valence-electron chi connectivity index (χ1n) is 8.33. The second-order valence-corrected chi connectivity index (χ2v) is 5.68. The zero-order valence-corrected chi connectivity index (χ0v) is 14.8. The molecule has 0 radical (unpaired) electrons. The largest absolute Gasteiger partial charge is 0.493 e. The van der Waals surface area contributed by atoms with Crippen molar-refractivity contribution < 1.29 is 23.8 Å². The first kappa shape index (κ1) is 18.2. The quantitative estimate of drug-likeness (QED) is 0.484. The summed E-state index contributed by atoms with van der Waals surface area (Å²) in [7, 11) is 1.48. The third kappa shape index (κ3) is 4.73. The van der Waals surface area contributed by atoms with E-state index in [2.05, 4.69) is 0 Å². The molecule has 3 aromatic rings. The second-order valence-electron chi connectivity index (χ2n) is 5.68. The fourth-order valence-corrected chi connectivity index (χ4v) is 2.43. The fourth-order valence-electron chi connectivity index (χ4n) is 2.43. The second kappa shape index (κ2) is 8.67. The molecule has 0 fully saturated rings. The lowest BCUT2D eigenvalue weighted by Crippen LogP contribution is -2.09. The van der Waals surface area contributed by atoms with Crippen molar-refractivity contribution in [3.05, 3.63) is 95.6 Å². The Bertz CT molecular complexity index is 920. The van der Waals surface area contributed by atoms with Crippen molar-refractivity contribution in [2.45, 2.75) is 6.61 Å². The number of ether oxygens (including phenoxy) is 3. The van der Waals surface area contributed by atoms with Crippen molar-refractivity contribution in [1.29, 1.82) is 0 Å². The van der Waals surface area contributed by atoms with E-state index in [9.17, 15) is 9.59 Å². The van der Waals surface area contributed by atoms with Crippen molar-refractivity contribution >= 4 is 11.9 Å². The lowest BCUT2D eigenvalue weighted by molar-refractivity contribution is 0.0472. The Balaban J connectivity index is 1.67. The van der Waals surface area contributed by atoms with Crippen LogP contribution in [0.4, 0.5) is 0 Å². The molecule has 0 amide bonds. The molecular weight excluding hydrogens is 344 g/mol. The van der Waals surface area contributed by atoms with Gasteiger partial charge < -0.3 is 14.2 Å². The normalized spacial score (nSPS) is 10.1. The van der Waals surface area contributed by atoms with Crippen LogP contribution in [0.3, 0.4) is 0 Å². The molecule has 0 aliphatic heterocycles. The van der Waals surface area contributed by atoms with E-state index in [-0.39, 0.29) is 6.61 Å². The maximum Gasteiger partial charge on any atom is 0.343 e. The number of carbonyl (C=O) groups excluding carboxylic acids is 2. The number of hydrogen-bond acceptors (Lipinski definition) is 5. The van der Waals surface area contributed by atoms with Crippen LogP contribution in [0.5, 0.6) is 11.5 Å². The molecule has 0 aliphatic carbocycles. The van der Waals surface area contributed by atoms with Crippen LogP contribution in [0.1, 0.15) is 26.3 Å². The molecule has 5 nitrogen and oxygen atoms in total. The van der Waals surface area contributed by atoms with E-state index in [1.165, 1.54) is 7.11 Å². The minimum atomic E-state index is -0.475. The zero-order valence-electron chi connectivity index (χ0n) is 14.8. The Kier molecular flexibility index (Phi) is 5.84.